The van der Waals surface area contributed by atoms with Gasteiger partial charge in [0.2, 0.25) is 5.78 Å². The lowest BCUT2D eigenvalue weighted by Crippen LogP contribution is -2.40. The Bertz CT molecular complexity index is 518. The van der Waals surface area contributed by atoms with E-state index in [0.717, 1.165) is 5.56 Å². The topological polar surface area (TPSA) is 52.6 Å². The normalized spacial score (nSPS) is 27.0. The molecule has 4 nitrogen and oxygen atoms in total. The summed E-state index contributed by atoms with van der Waals surface area (Å²) >= 11 is 0. The van der Waals surface area contributed by atoms with Gasteiger partial charge in [-0.3, -0.25) is 4.79 Å². The van der Waals surface area contributed by atoms with Crippen molar-refractivity contribution in [2.24, 2.45) is 0 Å². The van der Waals surface area contributed by atoms with Gasteiger partial charge < -0.3 is 9.47 Å². The smallest absolute Gasteiger partial charge is 0.335 e. The Morgan fingerprint density at radius 1 is 1.19 bits per heavy atom. The van der Waals surface area contributed by atoms with Crippen molar-refractivity contribution in [3.63, 3.8) is 0 Å². The molecule has 0 amide bonds. The summed E-state index contributed by atoms with van der Waals surface area (Å²) in [6.07, 6.45) is 3.22. The highest BCUT2D eigenvalue weighted by atomic mass is 16.8. The van der Waals surface area contributed by atoms with Crippen molar-refractivity contribution >= 4 is 17.8 Å². The van der Waals surface area contributed by atoms with E-state index in [-0.39, 0.29) is 12.4 Å². The van der Waals surface area contributed by atoms with Gasteiger partial charge in [0.15, 0.2) is 0 Å². The number of hydrogen-bond donors (Lipinski definition) is 0. The summed E-state index contributed by atoms with van der Waals surface area (Å²) in [7, 11) is 0. The zero-order chi connectivity index (χ0) is 11.2. The fourth-order valence-corrected chi connectivity index (χ4v) is 1.90. The van der Waals surface area contributed by atoms with E-state index in [2.05, 4.69) is 0 Å². The summed E-state index contributed by atoms with van der Waals surface area (Å²) in [5, 5.41) is 0. The van der Waals surface area contributed by atoms with Gasteiger partial charge >= 0.3 is 5.97 Å². The van der Waals surface area contributed by atoms with Crippen LogP contribution in [0.4, 0.5) is 0 Å². The molecular formula is C12H8O4. The largest absolute Gasteiger partial charge is 0.419 e. The van der Waals surface area contributed by atoms with Gasteiger partial charge in [0.25, 0.3) is 5.79 Å². The van der Waals surface area contributed by atoms with E-state index in [9.17, 15) is 9.59 Å². The predicted molar refractivity (Wildman–Crippen MR) is 54.6 cm³/mol. The highest BCUT2D eigenvalue weighted by molar-refractivity contribution is 6.09. The maximum atomic E-state index is 12.1. The number of carbonyl (C=O) groups is 2. The van der Waals surface area contributed by atoms with Crippen LogP contribution in [0.1, 0.15) is 15.9 Å². The van der Waals surface area contributed by atoms with Crippen molar-refractivity contribution in [1.82, 2.24) is 0 Å². The van der Waals surface area contributed by atoms with Gasteiger partial charge in [0.05, 0.1) is 0 Å². The Hall–Kier alpha value is -1.94. The molecule has 1 saturated heterocycles. The number of ether oxygens (including phenoxy) is 2. The highest BCUT2D eigenvalue weighted by Crippen LogP contribution is 2.32. The van der Waals surface area contributed by atoms with Crippen LogP contribution in [0.3, 0.4) is 0 Å². The third kappa shape index (κ3) is 1.13. The number of ketones is 1. The maximum absolute atomic E-state index is 12.1. The van der Waals surface area contributed by atoms with Crippen molar-refractivity contribution < 1.29 is 19.1 Å². The van der Waals surface area contributed by atoms with E-state index in [1.165, 1.54) is 6.08 Å². The van der Waals surface area contributed by atoms with Crippen molar-refractivity contribution in [2.75, 3.05) is 6.61 Å². The van der Waals surface area contributed by atoms with Crippen molar-refractivity contribution in [1.29, 1.82) is 0 Å². The Labute approximate surface area is 91.5 Å². The van der Waals surface area contributed by atoms with Gasteiger partial charge in [-0.1, -0.05) is 30.3 Å². The number of fused-ring (bicyclic) bond motifs is 1. The van der Waals surface area contributed by atoms with Crippen LogP contribution in [0, 0.1) is 0 Å². The van der Waals surface area contributed by atoms with Crippen LogP contribution in [-0.2, 0) is 14.3 Å². The molecule has 1 aliphatic heterocycles. The van der Waals surface area contributed by atoms with Crippen molar-refractivity contribution in [3.8, 4) is 0 Å². The van der Waals surface area contributed by atoms with Gasteiger partial charge in [-0.25, -0.2) is 4.79 Å². The molecule has 80 valence electrons. The summed E-state index contributed by atoms with van der Waals surface area (Å²) in [6, 6.07) is 7.13. The molecule has 0 bridgehead atoms. The molecule has 1 spiro atoms. The van der Waals surface area contributed by atoms with Crippen LogP contribution in [0.25, 0.3) is 6.08 Å². The minimum absolute atomic E-state index is 0.182. The first kappa shape index (κ1) is 9.30. The molecule has 3 rings (SSSR count). The molecule has 0 unspecified atom stereocenters. The summed E-state index contributed by atoms with van der Waals surface area (Å²) in [5.74, 6) is -2.36. The molecule has 4 heteroatoms. The molecule has 0 aromatic heterocycles. The lowest BCUT2D eigenvalue weighted by atomic mass is 9.92. The molecule has 1 aromatic carbocycles. The molecule has 1 aromatic rings. The SMILES string of the molecule is O=C1CO[C@@]2(C=Cc3ccccc3C2=O)O1. The van der Waals surface area contributed by atoms with E-state index < -0.39 is 11.8 Å². The first-order valence-corrected chi connectivity index (χ1v) is 4.90. The van der Waals surface area contributed by atoms with Crippen LogP contribution < -0.4 is 0 Å². The molecule has 1 atom stereocenters. The summed E-state index contributed by atoms with van der Waals surface area (Å²) in [4.78, 5) is 23.2. The summed E-state index contributed by atoms with van der Waals surface area (Å²) in [5.41, 5.74) is 1.32. The van der Waals surface area contributed by atoms with Crippen LogP contribution in [0.5, 0.6) is 0 Å². The number of Topliss-reactive ketones (excluding diaryl/α,β-unsaturated/α-hetero) is 1. The first-order valence-electron chi connectivity index (χ1n) is 4.90. The van der Waals surface area contributed by atoms with E-state index >= 15 is 0 Å². The second kappa shape index (κ2) is 3.02. The van der Waals surface area contributed by atoms with Crippen molar-refractivity contribution in [2.45, 2.75) is 5.79 Å². The number of carbonyl (C=O) groups excluding carboxylic acids is 2. The lowest BCUT2D eigenvalue weighted by Gasteiger charge is -2.25. The fourth-order valence-electron chi connectivity index (χ4n) is 1.90. The molecular weight excluding hydrogens is 208 g/mol. The third-order valence-corrected chi connectivity index (χ3v) is 2.67. The standard InChI is InChI=1S/C12H8O4/c13-10-7-15-12(16-10)6-5-8-3-1-2-4-9(8)11(12)14/h1-6H,7H2/t12-/m0/s1. The average molecular weight is 216 g/mol. The second-order valence-electron chi connectivity index (χ2n) is 3.68. The average Bonchev–Trinajstić information content (AvgIpc) is 2.68. The molecule has 0 N–H and O–H groups in total. The lowest BCUT2D eigenvalue weighted by molar-refractivity contribution is -0.147. The van der Waals surface area contributed by atoms with Crippen LogP contribution >= 0.6 is 0 Å². The zero-order valence-corrected chi connectivity index (χ0v) is 8.30. The molecule has 0 saturated carbocycles. The van der Waals surface area contributed by atoms with Gasteiger partial charge in [0, 0.05) is 5.56 Å². The van der Waals surface area contributed by atoms with E-state index in [1.54, 1.807) is 18.2 Å². The van der Waals surface area contributed by atoms with Gasteiger partial charge in [0.1, 0.15) is 6.61 Å². The summed E-state index contributed by atoms with van der Waals surface area (Å²) in [6.45, 7) is -0.182. The van der Waals surface area contributed by atoms with E-state index in [4.69, 9.17) is 9.47 Å². The van der Waals surface area contributed by atoms with Gasteiger partial charge in [-0.2, -0.15) is 0 Å². The zero-order valence-electron chi connectivity index (χ0n) is 8.30. The van der Waals surface area contributed by atoms with Gasteiger partial charge in [-0.15, -0.1) is 0 Å². The van der Waals surface area contributed by atoms with Crippen LogP contribution in [0.15, 0.2) is 30.3 Å². The van der Waals surface area contributed by atoms with Crippen LogP contribution in [0.2, 0.25) is 0 Å². The minimum Gasteiger partial charge on any atom is -0.419 e. The molecule has 2 aliphatic rings. The van der Waals surface area contributed by atoms with E-state index in [0.29, 0.717) is 5.56 Å². The molecule has 1 fully saturated rings. The van der Waals surface area contributed by atoms with Crippen LogP contribution in [-0.4, -0.2) is 24.1 Å². The Morgan fingerprint density at radius 3 is 2.75 bits per heavy atom. The van der Waals surface area contributed by atoms with Crippen molar-refractivity contribution in [3.05, 3.63) is 41.5 Å². The Balaban J connectivity index is 2.11. The Kier molecular flexibility index (Phi) is 1.76. The predicted octanol–water partition coefficient (Wildman–Crippen LogP) is 1.17. The molecule has 0 radical (unpaired) electrons. The molecule has 1 aliphatic carbocycles. The molecule has 16 heavy (non-hydrogen) atoms. The third-order valence-electron chi connectivity index (χ3n) is 2.67. The maximum Gasteiger partial charge on any atom is 0.335 e. The van der Waals surface area contributed by atoms with Gasteiger partial charge in [-0.05, 0) is 11.6 Å². The number of hydrogen-bond acceptors (Lipinski definition) is 4. The number of esters is 1. The first-order chi connectivity index (χ1) is 7.71. The number of rotatable bonds is 0. The summed E-state index contributed by atoms with van der Waals surface area (Å²) < 4.78 is 10.1. The minimum atomic E-state index is -1.52. The quantitative estimate of drug-likeness (QED) is 0.611. The number of benzene rings is 1. The second-order valence-corrected chi connectivity index (χ2v) is 3.68. The monoisotopic (exact) mass is 216 g/mol. The fraction of sp³-hybridized carbons (Fsp3) is 0.167. The highest BCUT2D eigenvalue weighted by Gasteiger charge is 2.49. The Morgan fingerprint density at radius 2 is 2.00 bits per heavy atom. The van der Waals surface area contributed by atoms with E-state index in [1.807, 2.05) is 12.1 Å². The molecule has 1 heterocycles.